The maximum atomic E-state index is 12.2. The predicted molar refractivity (Wildman–Crippen MR) is 64.5 cm³/mol. The molecule has 0 aliphatic heterocycles. The lowest BCUT2D eigenvalue weighted by Crippen LogP contribution is -2.18. The summed E-state index contributed by atoms with van der Waals surface area (Å²) >= 11 is 0. The van der Waals surface area contributed by atoms with Crippen LogP contribution in [0.15, 0.2) is 30.7 Å². The fraction of sp³-hybridized carbons (Fsp3) is 0.333. The highest BCUT2D eigenvalue weighted by Gasteiger charge is 2.33. The maximum Gasteiger partial charge on any atom is 0.574 e. The van der Waals surface area contributed by atoms with Crippen LogP contribution >= 0.6 is 0 Å². The van der Waals surface area contributed by atoms with E-state index in [-0.39, 0.29) is 5.56 Å². The number of rotatable bonds is 2. The first-order valence-corrected chi connectivity index (χ1v) is 5.65. The Morgan fingerprint density at radius 1 is 1.26 bits per heavy atom. The SMILES string of the molecule is CC.Cn1cc(-c2cccnc2)c(OC(F)(F)F)n1. The van der Waals surface area contributed by atoms with Crippen molar-refractivity contribution in [1.29, 1.82) is 0 Å². The Bertz CT molecular complexity index is 509. The van der Waals surface area contributed by atoms with Gasteiger partial charge in [0.05, 0.1) is 5.56 Å². The van der Waals surface area contributed by atoms with Gasteiger partial charge in [-0.15, -0.1) is 18.3 Å². The first-order chi connectivity index (χ1) is 8.96. The maximum absolute atomic E-state index is 12.2. The van der Waals surface area contributed by atoms with Crippen LogP contribution in [-0.4, -0.2) is 21.1 Å². The van der Waals surface area contributed by atoms with Gasteiger partial charge in [0.1, 0.15) is 0 Å². The van der Waals surface area contributed by atoms with Crippen molar-refractivity contribution in [3.8, 4) is 17.0 Å². The normalized spacial score (nSPS) is 10.6. The van der Waals surface area contributed by atoms with Gasteiger partial charge < -0.3 is 4.74 Å². The van der Waals surface area contributed by atoms with Gasteiger partial charge in [-0.05, 0) is 6.07 Å². The van der Waals surface area contributed by atoms with Gasteiger partial charge in [-0.2, -0.15) is 0 Å². The fourth-order valence-electron chi connectivity index (χ4n) is 1.37. The molecule has 0 radical (unpaired) electrons. The molecule has 0 aromatic carbocycles. The summed E-state index contributed by atoms with van der Waals surface area (Å²) in [6, 6.07) is 3.26. The number of halogens is 3. The summed E-state index contributed by atoms with van der Waals surface area (Å²) in [5, 5.41) is 3.62. The first-order valence-electron chi connectivity index (χ1n) is 5.65. The van der Waals surface area contributed by atoms with Crippen LogP contribution in [0.3, 0.4) is 0 Å². The number of aromatic nitrogens is 3. The van der Waals surface area contributed by atoms with E-state index in [4.69, 9.17) is 0 Å². The van der Waals surface area contributed by atoms with Gasteiger partial charge in [0.15, 0.2) is 0 Å². The van der Waals surface area contributed by atoms with Gasteiger partial charge >= 0.3 is 6.36 Å². The van der Waals surface area contributed by atoms with Crippen LogP contribution in [0.4, 0.5) is 13.2 Å². The van der Waals surface area contributed by atoms with Crippen LogP contribution in [0.1, 0.15) is 13.8 Å². The number of ether oxygens (including phenoxy) is 1. The average molecular weight is 273 g/mol. The van der Waals surface area contributed by atoms with E-state index in [0.29, 0.717) is 5.56 Å². The van der Waals surface area contributed by atoms with Crippen molar-refractivity contribution in [1.82, 2.24) is 14.8 Å². The van der Waals surface area contributed by atoms with Crippen molar-refractivity contribution in [2.75, 3.05) is 0 Å². The monoisotopic (exact) mass is 273 g/mol. The number of hydrogen-bond donors (Lipinski definition) is 0. The molecule has 19 heavy (non-hydrogen) atoms. The van der Waals surface area contributed by atoms with E-state index in [1.807, 2.05) is 13.8 Å². The lowest BCUT2D eigenvalue weighted by atomic mass is 10.1. The molecule has 0 amide bonds. The second-order valence-electron chi connectivity index (χ2n) is 3.31. The Hall–Kier alpha value is -2.05. The number of pyridine rings is 1. The molecule has 4 nitrogen and oxygen atoms in total. The van der Waals surface area contributed by atoms with Gasteiger partial charge in [0, 0.05) is 31.2 Å². The molecule has 0 spiro atoms. The van der Waals surface area contributed by atoms with Gasteiger partial charge in [-0.1, -0.05) is 19.9 Å². The van der Waals surface area contributed by atoms with Gasteiger partial charge in [0.2, 0.25) is 5.88 Å². The van der Waals surface area contributed by atoms with Crippen molar-refractivity contribution >= 4 is 0 Å². The summed E-state index contributed by atoms with van der Waals surface area (Å²) in [5.41, 5.74) is 0.762. The molecule has 0 N–H and O–H groups in total. The average Bonchev–Trinajstić information content (AvgIpc) is 2.71. The van der Waals surface area contributed by atoms with Crippen molar-refractivity contribution in [2.45, 2.75) is 20.2 Å². The molecule has 0 saturated heterocycles. The molecule has 0 fully saturated rings. The van der Waals surface area contributed by atoms with Gasteiger partial charge in [0.25, 0.3) is 0 Å². The Balaban J connectivity index is 0.000000861. The minimum atomic E-state index is -4.76. The lowest BCUT2D eigenvalue weighted by molar-refractivity contribution is -0.276. The second kappa shape index (κ2) is 6.21. The second-order valence-corrected chi connectivity index (χ2v) is 3.31. The van der Waals surface area contributed by atoms with Gasteiger partial charge in [-0.25, -0.2) is 0 Å². The molecule has 7 heteroatoms. The third-order valence-electron chi connectivity index (χ3n) is 1.98. The molecule has 0 bridgehead atoms. The molecular formula is C12H14F3N3O. The predicted octanol–water partition coefficient (Wildman–Crippen LogP) is 3.41. The van der Waals surface area contributed by atoms with E-state index in [0.717, 1.165) is 0 Å². The summed E-state index contributed by atoms with van der Waals surface area (Å²) in [5.74, 6) is -0.479. The zero-order valence-electron chi connectivity index (χ0n) is 10.8. The van der Waals surface area contributed by atoms with Crippen LogP contribution in [0.25, 0.3) is 11.1 Å². The van der Waals surface area contributed by atoms with Crippen molar-refractivity contribution in [2.24, 2.45) is 7.05 Å². The third kappa shape index (κ3) is 4.27. The van der Waals surface area contributed by atoms with Crippen LogP contribution in [-0.2, 0) is 7.05 Å². The van der Waals surface area contributed by atoms with Crippen LogP contribution in [0.5, 0.6) is 5.88 Å². The minimum absolute atomic E-state index is 0.248. The van der Waals surface area contributed by atoms with Crippen LogP contribution in [0.2, 0.25) is 0 Å². The molecule has 0 aliphatic rings. The number of nitrogens with zero attached hydrogens (tertiary/aromatic N) is 3. The topological polar surface area (TPSA) is 39.9 Å². The third-order valence-corrected chi connectivity index (χ3v) is 1.98. The number of hydrogen-bond acceptors (Lipinski definition) is 3. The number of alkyl halides is 3. The highest BCUT2D eigenvalue weighted by atomic mass is 19.4. The molecule has 2 heterocycles. The molecule has 2 rings (SSSR count). The Kier molecular flexibility index (Phi) is 4.91. The zero-order chi connectivity index (χ0) is 14.5. The fourth-order valence-corrected chi connectivity index (χ4v) is 1.37. The van der Waals surface area contributed by atoms with E-state index in [2.05, 4.69) is 14.8 Å². The van der Waals surface area contributed by atoms with E-state index < -0.39 is 12.2 Å². The highest BCUT2D eigenvalue weighted by Crippen LogP contribution is 2.31. The minimum Gasteiger partial charge on any atom is -0.386 e. The molecule has 2 aromatic heterocycles. The molecule has 0 atom stereocenters. The summed E-state index contributed by atoms with van der Waals surface area (Å²) in [4.78, 5) is 3.83. The van der Waals surface area contributed by atoms with E-state index in [1.165, 1.54) is 30.3 Å². The van der Waals surface area contributed by atoms with Gasteiger partial charge in [-0.3, -0.25) is 9.67 Å². The Morgan fingerprint density at radius 3 is 2.47 bits per heavy atom. The van der Waals surface area contributed by atoms with Crippen LogP contribution < -0.4 is 4.74 Å². The van der Waals surface area contributed by atoms with E-state index in [9.17, 15) is 13.2 Å². The lowest BCUT2D eigenvalue weighted by Gasteiger charge is -2.07. The smallest absolute Gasteiger partial charge is 0.386 e. The zero-order valence-corrected chi connectivity index (χ0v) is 10.8. The van der Waals surface area contributed by atoms with E-state index >= 15 is 0 Å². The summed E-state index contributed by atoms with van der Waals surface area (Å²) in [6.45, 7) is 4.00. The standard InChI is InChI=1S/C10H8F3N3O.C2H6/c1-16-6-8(7-3-2-4-14-5-7)9(15-16)17-10(11,12)13;1-2/h2-6H,1H3;1-2H3. The van der Waals surface area contributed by atoms with Crippen molar-refractivity contribution in [3.05, 3.63) is 30.7 Å². The van der Waals surface area contributed by atoms with Crippen molar-refractivity contribution in [3.63, 3.8) is 0 Å². The van der Waals surface area contributed by atoms with Crippen molar-refractivity contribution < 1.29 is 17.9 Å². The Morgan fingerprint density at radius 2 is 1.95 bits per heavy atom. The Labute approximate surface area is 108 Å². The quantitative estimate of drug-likeness (QED) is 0.841. The summed E-state index contributed by atoms with van der Waals surface area (Å²) < 4.78 is 41.6. The highest BCUT2D eigenvalue weighted by molar-refractivity contribution is 5.66. The van der Waals surface area contributed by atoms with Crippen LogP contribution in [0, 0.1) is 0 Å². The molecule has 104 valence electrons. The molecule has 0 saturated carbocycles. The summed E-state index contributed by atoms with van der Waals surface area (Å²) in [6.07, 6.45) is -0.339. The van der Waals surface area contributed by atoms with E-state index in [1.54, 1.807) is 12.1 Å². The molecule has 0 aliphatic carbocycles. The first kappa shape index (κ1) is 15.0. The largest absolute Gasteiger partial charge is 0.574 e. The molecule has 0 unspecified atom stereocenters. The molecule has 2 aromatic rings. The summed E-state index contributed by atoms with van der Waals surface area (Å²) in [7, 11) is 1.52. The molecular weight excluding hydrogens is 259 g/mol. The number of aryl methyl sites for hydroxylation is 1.